The summed E-state index contributed by atoms with van der Waals surface area (Å²) in [5.41, 5.74) is 1.33. The molecule has 0 fully saturated rings. The molecule has 0 saturated heterocycles. The molecule has 2 aromatic rings. The second-order valence-corrected chi connectivity index (χ2v) is 5.66. The lowest BCUT2D eigenvalue weighted by Crippen LogP contribution is -2.21. The first-order valence-electron chi connectivity index (χ1n) is 7.30. The van der Waals surface area contributed by atoms with Gasteiger partial charge in [0.1, 0.15) is 5.75 Å². The van der Waals surface area contributed by atoms with E-state index < -0.39 is 0 Å². The number of amides is 1. The number of hydrogen-bond donors (Lipinski definition) is 2. The van der Waals surface area contributed by atoms with E-state index in [1.165, 1.54) is 0 Å². The van der Waals surface area contributed by atoms with Gasteiger partial charge in [-0.15, -0.1) is 0 Å². The summed E-state index contributed by atoms with van der Waals surface area (Å²) in [6.45, 7) is 2.87. The highest BCUT2D eigenvalue weighted by Gasteiger charge is 2.08. The van der Waals surface area contributed by atoms with Gasteiger partial charge in [0.2, 0.25) is 5.91 Å². The molecule has 4 nitrogen and oxygen atoms in total. The standard InChI is InChI=1S/C17H18Cl2N2O2/c1-2-10-23-13-8-6-12(7-9-13)20-11-16(22)21-15-5-3-4-14(18)17(15)19/h3-9,20H,2,10-11H2,1H3,(H,21,22). The summed E-state index contributed by atoms with van der Waals surface area (Å²) in [4.78, 5) is 12.0. The van der Waals surface area contributed by atoms with Crippen molar-refractivity contribution in [3.05, 3.63) is 52.5 Å². The van der Waals surface area contributed by atoms with Crippen LogP contribution in [-0.2, 0) is 4.79 Å². The Bertz CT molecular complexity index is 660. The third kappa shape index (κ3) is 5.34. The smallest absolute Gasteiger partial charge is 0.243 e. The summed E-state index contributed by atoms with van der Waals surface area (Å²) >= 11 is 11.9. The average Bonchev–Trinajstić information content (AvgIpc) is 2.56. The van der Waals surface area contributed by atoms with E-state index in [1.807, 2.05) is 24.3 Å². The Morgan fingerprint density at radius 3 is 2.57 bits per heavy atom. The minimum Gasteiger partial charge on any atom is -0.494 e. The number of nitrogens with one attached hydrogen (secondary N) is 2. The minimum atomic E-state index is -0.208. The van der Waals surface area contributed by atoms with Crippen LogP contribution < -0.4 is 15.4 Å². The van der Waals surface area contributed by atoms with Crippen LogP contribution in [0.15, 0.2) is 42.5 Å². The van der Waals surface area contributed by atoms with Crippen molar-refractivity contribution in [2.45, 2.75) is 13.3 Å². The predicted octanol–water partition coefficient (Wildman–Crippen LogP) is 4.83. The molecule has 2 N–H and O–H groups in total. The number of anilines is 2. The molecule has 0 aliphatic carbocycles. The fourth-order valence-electron chi connectivity index (χ4n) is 1.87. The SMILES string of the molecule is CCCOc1ccc(NCC(=O)Nc2cccc(Cl)c2Cl)cc1. The number of ether oxygens (including phenoxy) is 1. The van der Waals surface area contributed by atoms with Crippen molar-refractivity contribution in [2.24, 2.45) is 0 Å². The fraction of sp³-hybridized carbons (Fsp3) is 0.235. The first kappa shape index (κ1) is 17.4. The Labute approximate surface area is 145 Å². The van der Waals surface area contributed by atoms with Crippen molar-refractivity contribution < 1.29 is 9.53 Å². The normalized spacial score (nSPS) is 10.2. The number of benzene rings is 2. The summed E-state index contributed by atoms with van der Waals surface area (Å²) in [6.07, 6.45) is 0.965. The first-order chi connectivity index (χ1) is 11.1. The van der Waals surface area contributed by atoms with E-state index in [4.69, 9.17) is 27.9 Å². The molecule has 0 atom stereocenters. The van der Waals surface area contributed by atoms with Gasteiger partial charge in [0.05, 0.1) is 28.9 Å². The van der Waals surface area contributed by atoms with Crippen molar-refractivity contribution in [2.75, 3.05) is 23.8 Å². The molecule has 0 heterocycles. The van der Waals surface area contributed by atoms with Crippen LogP contribution in [0.2, 0.25) is 10.0 Å². The van der Waals surface area contributed by atoms with Crippen LogP contribution in [0, 0.1) is 0 Å². The summed E-state index contributed by atoms with van der Waals surface area (Å²) in [7, 11) is 0. The molecule has 0 unspecified atom stereocenters. The molecule has 0 aliphatic heterocycles. The molecule has 6 heteroatoms. The van der Waals surface area contributed by atoms with Gasteiger partial charge in [0.15, 0.2) is 0 Å². The third-order valence-corrected chi connectivity index (χ3v) is 3.82. The van der Waals surface area contributed by atoms with Gasteiger partial charge in [-0.25, -0.2) is 0 Å². The van der Waals surface area contributed by atoms with Gasteiger partial charge < -0.3 is 15.4 Å². The van der Waals surface area contributed by atoms with E-state index in [0.29, 0.717) is 22.3 Å². The molecule has 0 saturated carbocycles. The van der Waals surface area contributed by atoms with Crippen molar-refractivity contribution in [1.82, 2.24) is 0 Å². The number of carbonyl (C=O) groups excluding carboxylic acids is 1. The maximum atomic E-state index is 12.0. The molecule has 0 aliphatic rings. The molecule has 0 aromatic heterocycles. The van der Waals surface area contributed by atoms with E-state index in [0.717, 1.165) is 17.9 Å². The van der Waals surface area contributed by atoms with Crippen LogP contribution in [0.3, 0.4) is 0 Å². The fourth-order valence-corrected chi connectivity index (χ4v) is 2.21. The number of rotatable bonds is 7. The molecule has 0 bridgehead atoms. The van der Waals surface area contributed by atoms with E-state index >= 15 is 0 Å². The highest BCUT2D eigenvalue weighted by Crippen LogP contribution is 2.29. The Balaban J connectivity index is 1.85. The molecule has 2 aromatic carbocycles. The average molecular weight is 353 g/mol. The zero-order valence-corrected chi connectivity index (χ0v) is 14.2. The number of hydrogen-bond acceptors (Lipinski definition) is 3. The van der Waals surface area contributed by atoms with Crippen LogP contribution in [0.4, 0.5) is 11.4 Å². The van der Waals surface area contributed by atoms with Gasteiger partial charge in [-0.2, -0.15) is 0 Å². The molecule has 2 rings (SSSR count). The highest BCUT2D eigenvalue weighted by molar-refractivity contribution is 6.44. The quantitative estimate of drug-likeness (QED) is 0.749. The van der Waals surface area contributed by atoms with Crippen molar-refractivity contribution in [1.29, 1.82) is 0 Å². The minimum absolute atomic E-state index is 0.123. The largest absolute Gasteiger partial charge is 0.494 e. The van der Waals surface area contributed by atoms with Crippen LogP contribution in [0.1, 0.15) is 13.3 Å². The molecule has 122 valence electrons. The van der Waals surface area contributed by atoms with Crippen LogP contribution in [0.25, 0.3) is 0 Å². The number of halogens is 2. The lowest BCUT2D eigenvalue weighted by molar-refractivity contribution is -0.114. The summed E-state index contributed by atoms with van der Waals surface area (Å²) in [6, 6.07) is 12.6. The van der Waals surface area contributed by atoms with E-state index in [1.54, 1.807) is 18.2 Å². The van der Waals surface area contributed by atoms with Gasteiger partial charge in [-0.1, -0.05) is 36.2 Å². The molecule has 23 heavy (non-hydrogen) atoms. The van der Waals surface area contributed by atoms with Crippen molar-refractivity contribution >= 4 is 40.5 Å². The zero-order valence-electron chi connectivity index (χ0n) is 12.7. The topological polar surface area (TPSA) is 50.4 Å². The zero-order chi connectivity index (χ0) is 16.7. The van der Waals surface area contributed by atoms with Crippen molar-refractivity contribution in [3.8, 4) is 5.75 Å². The molecular formula is C17H18Cl2N2O2. The van der Waals surface area contributed by atoms with Gasteiger partial charge in [0.25, 0.3) is 0 Å². The molecule has 0 radical (unpaired) electrons. The Kier molecular flexibility index (Phi) is 6.56. The Hall–Kier alpha value is -1.91. The summed E-state index contributed by atoms with van der Waals surface area (Å²) in [5, 5.41) is 6.49. The Morgan fingerprint density at radius 2 is 1.87 bits per heavy atom. The predicted molar refractivity (Wildman–Crippen MR) is 95.8 cm³/mol. The first-order valence-corrected chi connectivity index (χ1v) is 8.06. The number of carbonyl (C=O) groups is 1. The molecular weight excluding hydrogens is 335 g/mol. The van der Waals surface area contributed by atoms with Crippen LogP contribution in [0.5, 0.6) is 5.75 Å². The second-order valence-electron chi connectivity index (χ2n) is 4.88. The Morgan fingerprint density at radius 1 is 1.13 bits per heavy atom. The lowest BCUT2D eigenvalue weighted by Gasteiger charge is -2.10. The maximum Gasteiger partial charge on any atom is 0.243 e. The monoisotopic (exact) mass is 352 g/mol. The van der Waals surface area contributed by atoms with Gasteiger partial charge in [0, 0.05) is 5.69 Å². The summed E-state index contributed by atoms with van der Waals surface area (Å²) in [5.74, 6) is 0.605. The lowest BCUT2D eigenvalue weighted by atomic mass is 10.3. The van der Waals surface area contributed by atoms with E-state index in [9.17, 15) is 4.79 Å². The third-order valence-electron chi connectivity index (χ3n) is 3.01. The van der Waals surface area contributed by atoms with Crippen LogP contribution >= 0.6 is 23.2 Å². The van der Waals surface area contributed by atoms with Crippen molar-refractivity contribution in [3.63, 3.8) is 0 Å². The molecule has 0 spiro atoms. The van der Waals surface area contributed by atoms with Gasteiger partial charge >= 0.3 is 0 Å². The maximum absolute atomic E-state index is 12.0. The van der Waals surface area contributed by atoms with Gasteiger partial charge in [-0.05, 0) is 42.8 Å². The summed E-state index contributed by atoms with van der Waals surface area (Å²) < 4.78 is 5.50. The van der Waals surface area contributed by atoms with Gasteiger partial charge in [-0.3, -0.25) is 4.79 Å². The van der Waals surface area contributed by atoms with E-state index in [-0.39, 0.29) is 12.5 Å². The highest BCUT2D eigenvalue weighted by atomic mass is 35.5. The molecule has 1 amide bonds. The van der Waals surface area contributed by atoms with E-state index in [2.05, 4.69) is 17.6 Å². The second kappa shape index (κ2) is 8.65. The van der Waals surface area contributed by atoms with Crippen LogP contribution in [-0.4, -0.2) is 19.1 Å².